The van der Waals surface area contributed by atoms with Crippen LogP contribution in [-0.2, 0) is 10.0 Å². The smallest absolute Gasteiger partial charge is 0.243 e. The molecule has 0 atom stereocenters. The summed E-state index contributed by atoms with van der Waals surface area (Å²) in [5.74, 6) is 0. The van der Waals surface area contributed by atoms with Gasteiger partial charge in [0.2, 0.25) is 10.0 Å². The molecule has 1 aliphatic rings. The molecule has 1 fully saturated rings. The van der Waals surface area contributed by atoms with Crippen molar-refractivity contribution < 1.29 is 13.3 Å². The van der Waals surface area contributed by atoms with Gasteiger partial charge in [0.05, 0.1) is 43.7 Å². The number of nitriles is 1. The third-order valence-electron chi connectivity index (χ3n) is 4.20. The number of benzene rings is 1. The minimum atomic E-state index is -3.39. The van der Waals surface area contributed by atoms with Gasteiger partial charge in [0.25, 0.3) is 0 Å². The van der Waals surface area contributed by atoms with Gasteiger partial charge in [-0.1, -0.05) is 17.7 Å². The van der Waals surface area contributed by atoms with Crippen LogP contribution in [0.2, 0.25) is 0 Å². The lowest BCUT2D eigenvalue weighted by Gasteiger charge is -2.31. The molecule has 0 aliphatic carbocycles. The van der Waals surface area contributed by atoms with Crippen molar-refractivity contribution in [2.45, 2.75) is 31.6 Å². The maximum Gasteiger partial charge on any atom is 0.243 e. The molecule has 1 aromatic rings. The topological polar surface area (TPSA) is 65.6 Å². The number of nitrogens with zero attached hydrogens (tertiary/aromatic N) is 2. The van der Waals surface area contributed by atoms with Gasteiger partial charge in [-0.3, -0.25) is 0 Å². The standard InChI is InChI=1S/C16H23N3O2S/c1-14-5-6-16(15(2)13-14)22(20,21)19-11-9-18(10-12-19)8-4-3-7-17/h5-6,13H,3-4,8-12H2,1-2H3/p+1. The Labute approximate surface area is 133 Å². The van der Waals surface area contributed by atoms with E-state index in [9.17, 15) is 8.42 Å². The molecule has 1 aliphatic heterocycles. The molecule has 0 bridgehead atoms. The van der Waals surface area contributed by atoms with E-state index >= 15 is 0 Å². The van der Waals surface area contributed by atoms with Crippen LogP contribution in [0.3, 0.4) is 0 Å². The molecule has 0 spiro atoms. The predicted octanol–water partition coefficient (Wildman–Crippen LogP) is 0.496. The molecule has 2 rings (SSSR count). The summed E-state index contributed by atoms with van der Waals surface area (Å²) in [5, 5.41) is 8.57. The zero-order valence-corrected chi connectivity index (χ0v) is 14.1. The number of quaternary nitrogens is 1. The normalized spacial score (nSPS) is 17.3. The molecule has 0 radical (unpaired) electrons. The molecule has 1 heterocycles. The molecule has 0 unspecified atom stereocenters. The molecular formula is C16H24N3O2S+. The van der Waals surface area contributed by atoms with Crippen LogP contribution in [-0.4, -0.2) is 45.4 Å². The van der Waals surface area contributed by atoms with Crippen LogP contribution in [0.25, 0.3) is 0 Å². The van der Waals surface area contributed by atoms with Gasteiger partial charge >= 0.3 is 0 Å². The van der Waals surface area contributed by atoms with Crippen molar-refractivity contribution in [3.8, 4) is 6.07 Å². The summed E-state index contributed by atoms with van der Waals surface area (Å²) < 4.78 is 27.1. The summed E-state index contributed by atoms with van der Waals surface area (Å²) in [5.41, 5.74) is 1.88. The lowest BCUT2D eigenvalue weighted by atomic mass is 10.2. The third kappa shape index (κ3) is 3.86. The highest BCUT2D eigenvalue weighted by atomic mass is 32.2. The number of nitrogens with one attached hydrogen (secondary N) is 1. The molecule has 22 heavy (non-hydrogen) atoms. The van der Waals surface area contributed by atoms with Crippen LogP contribution in [0, 0.1) is 25.2 Å². The predicted molar refractivity (Wildman–Crippen MR) is 85.1 cm³/mol. The first-order valence-electron chi connectivity index (χ1n) is 7.73. The van der Waals surface area contributed by atoms with Gasteiger partial charge in [-0.05, 0) is 25.5 Å². The average Bonchev–Trinajstić information content (AvgIpc) is 2.47. The molecule has 1 saturated heterocycles. The molecule has 6 heteroatoms. The van der Waals surface area contributed by atoms with Gasteiger partial charge in [0.1, 0.15) is 0 Å². The lowest BCUT2D eigenvalue weighted by Crippen LogP contribution is -3.14. The summed E-state index contributed by atoms with van der Waals surface area (Å²) in [7, 11) is -3.39. The Morgan fingerprint density at radius 1 is 1.27 bits per heavy atom. The number of unbranched alkanes of at least 4 members (excludes halogenated alkanes) is 1. The van der Waals surface area contributed by atoms with E-state index in [1.165, 1.54) is 4.90 Å². The van der Waals surface area contributed by atoms with Gasteiger partial charge in [-0.25, -0.2) is 8.42 Å². The Kier molecular flexibility index (Phi) is 5.57. The van der Waals surface area contributed by atoms with E-state index < -0.39 is 10.0 Å². The van der Waals surface area contributed by atoms with Crippen LogP contribution < -0.4 is 4.90 Å². The second-order valence-corrected chi connectivity index (χ2v) is 7.84. The van der Waals surface area contributed by atoms with Crippen molar-refractivity contribution in [3.05, 3.63) is 29.3 Å². The third-order valence-corrected chi connectivity index (χ3v) is 6.26. The van der Waals surface area contributed by atoms with Crippen molar-refractivity contribution in [1.29, 1.82) is 5.26 Å². The van der Waals surface area contributed by atoms with E-state index in [4.69, 9.17) is 5.26 Å². The summed E-state index contributed by atoms with van der Waals surface area (Å²) in [4.78, 5) is 1.81. The van der Waals surface area contributed by atoms with Crippen LogP contribution in [0.1, 0.15) is 24.0 Å². The number of piperazine rings is 1. The van der Waals surface area contributed by atoms with Crippen LogP contribution >= 0.6 is 0 Å². The van der Waals surface area contributed by atoms with Crippen molar-refractivity contribution >= 4 is 10.0 Å². The fourth-order valence-electron chi connectivity index (χ4n) is 2.94. The zero-order valence-electron chi connectivity index (χ0n) is 13.3. The average molecular weight is 322 g/mol. The lowest BCUT2D eigenvalue weighted by molar-refractivity contribution is -0.903. The van der Waals surface area contributed by atoms with Crippen LogP contribution in [0.15, 0.2) is 23.1 Å². The minimum absolute atomic E-state index is 0.422. The monoisotopic (exact) mass is 322 g/mol. The molecule has 1 N–H and O–H groups in total. The second kappa shape index (κ2) is 7.23. The van der Waals surface area contributed by atoms with Gasteiger partial charge in [0.15, 0.2) is 0 Å². The Balaban J connectivity index is 2.02. The Morgan fingerprint density at radius 2 is 1.95 bits per heavy atom. The van der Waals surface area contributed by atoms with Crippen molar-refractivity contribution in [2.75, 3.05) is 32.7 Å². The largest absolute Gasteiger partial charge is 0.333 e. The molecular weight excluding hydrogens is 298 g/mol. The molecule has 5 nitrogen and oxygen atoms in total. The Morgan fingerprint density at radius 3 is 2.55 bits per heavy atom. The van der Waals surface area contributed by atoms with E-state index in [1.807, 2.05) is 26.0 Å². The summed E-state index contributed by atoms with van der Waals surface area (Å²) >= 11 is 0. The van der Waals surface area contributed by atoms with Gasteiger partial charge in [-0.15, -0.1) is 0 Å². The molecule has 1 aromatic carbocycles. The maximum absolute atomic E-state index is 12.8. The van der Waals surface area contributed by atoms with Gasteiger partial charge < -0.3 is 4.90 Å². The fourth-order valence-corrected chi connectivity index (χ4v) is 4.59. The number of hydrogen-bond donors (Lipinski definition) is 1. The first-order valence-corrected chi connectivity index (χ1v) is 9.17. The number of aryl methyl sites for hydroxylation is 2. The minimum Gasteiger partial charge on any atom is -0.333 e. The molecule has 0 amide bonds. The zero-order chi connectivity index (χ0) is 16.2. The highest BCUT2D eigenvalue weighted by Gasteiger charge is 2.31. The summed E-state index contributed by atoms with van der Waals surface area (Å²) in [6.07, 6.45) is 1.46. The number of hydrogen-bond acceptors (Lipinski definition) is 3. The Bertz CT molecular complexity index is 656. The molecule has 0 saturated carbocycles. The number of sulfonamides is 1. The second-order valence-electron chi connectivity index (χ2n) is 5.93. The van der Waals surface area contributed by atoms with Crippen molar-refractivity contribution in [1.82, 2.24) is 4.31 Å². The van der Waals surface area contributed by atoms with E-state index in [0.717, 1.165) is 37.2 Å². The first kappa shape index (κ1) is 16.9. The van der Waals surface area contributed by atoms with Crippen molar-refractivity contribution in [2.24, 2.45) is 0 Å². The first-order chi connectivity index (χ1) is 10.4. The maximum atomic E-state index is 12.8. The van der Waals surface area contributed by atoms with Crippen LogP contribution in [0.5, 0.6) is 0 Å². The SMILES string of the molecule is Cc1ccc(S(=O)(=O)N2CC[NH+](CCCC#N)CC2)c(C)c1. The quantitative estimate of drug-likeness (QED) is 0.803. The molecule has 0 aromatic heterocycles. The summed E-state index contributed by atoms with van der Waals surface area (Å²) in [6.45, 7) is 7.50. The van der Waals surface area contributed by atoms with E-state index in [1.54, 1.807) is 10.4 Å². The van der Waals surface area contributed by atoms with Gasteiger partial charge in [-0.2, -0.15) is 9.57 Å². The highest BCUT2D eigenvalue weighted by Crippen LogP contribution is 2.20. The van der Waals surface area contributed by atoms with Crippen LogP contribution in [0.4, 0.5) is 0 Å². The van der Waals surface area contributed by atoms with E-state index in [-0.39, 0.29) is 0 Å². The van der Waals surface area contributed by atoms with Crippen molar-refractivity contribution in [3.63, 3.8) is 0 Å². The molecule has 120 valence electrons. The number of rotatable bonds is 5. The van der Waals surface area contributed by atoms with E-state index in [0.29, 0.717) is 24.4 Å². The van der Waals surface area contributed by atoms with Gasteiger partial charge in [0, 0.05) is 12.8 Å². The Hall–Kier alpha value is -1.42. The summed E-state index contributed by atoms with van der Waals surface area (Å²) in [6, 6.07) is 7.63. The highest BCUT2D eigenvalue weighted by molar-refractivity contribution is 7.89. The fraction of sp³-hybridized carbons (Fsp3) is 0.562. The van der Waals surface area contributed by atoms with E-state index in [2.05, 4.69) is 6.07 Å².